The average molecular weight is 498 g/mol. The van der Waals surface area contributed by atoms with Gasteiger partial charge in [0.2, 0.25) is 5.91 Å². The van der Waals surface area contributed by atoms with Crippen LogP contribution in [0.2, 0.25) is 0 Å². The lowest BCUT2D eigenvalue weighted by atomic mass is 10.0. The fourth-order valence-corrected chi connectivity index (χ4v) is 5.00. The summed E-state index contributed by atoms with van der Waals surface area (Å²) in [6, 6.07) is 10.2. The van der Waals surface area contributed by atoms with E-state index in [1.807, 2.05) is 6.07 Å². The maximum absolute atomic E-state index is 13.5. The van der Waals surface area contributed by atoms with Crippen LogP contribution in [0.3, 0.4) is 0 Å². The number of esters is 1. The Balaban J connectivity index is 1.75. The first-order valence-corrected chi connectivity index (χ1v) is 12.4. The van der Waals surface area contributed by atoms with Crippen molar-refractivity contribution in [1.82, 2.24) is 10.2 Å². The maximum Gasteiger partial charge on any atom is 0.408 e. The van der Waals surface area contributed by atoms with Crippen LogP contribution in [0.15, 0.2) is 30.3 Å². The Hall–Kier alpha value is -3.38. The Bertz CT molecular complexity index is 1110. The number of nitrogens with one attached hydrogen (secondary N) is 1. The Labute approximate surface area is 209 Å². The van der Waals surface area contributed by atoms with Gasteiger partial charge in [-0.15, -0.1) is 11.3 Å². The first-order chi connectivity index (χ1) is 16.6. The lowest BCUT2D eigenvalue weighted by Gasteiger charge is -2.31. The van der Waals surface area contributed by atoms with E-state index < -0.39 is 17.7 Å². The number of alkyl carbamates (subject to hydrolysis) is 1. The predicted molar refractivity (Wildman–Crippen MR) is 132 cm³/mol. The van der Waals surface area contributed by atoms with Crippen LogP contribution in [0.25, 0.3) is 0 Å². The number of hydrogen-bond acceptors (Lipinski definition) is 7. The van der Waals surface area contributed by atoms with Crippen molar-refractivity contribution in [3.05, 3.63) is 56.8 Å². The molecule has 0 saturated heterocycles. The molecule has 0 spiro atoms. The molecule has 2 aromatic rings. The summed E-state index contributed by atoms with van der Waals surface area (Å²) >= 11 is 1.58. The van der Waals surface area contributed by atoms with E-state index in [2.05, 4.69) is 11.4 Å². The van der Waals surface area contributed by atoms with Crippen LogP contribution in [0.5, 0.6) is 0 Å². The van der Waals surface area contributed by atoms with Gasteiger partial charge in [-0.05, 0) is 63.4 Å². The number of amides is 2. The number of thiophene rings is 1. The number of benzene rings is 1. The minimum absolute atomic E-state index is 0.205. The number of nitrogens with zero attached hydrogens (tertiary/aromatic N) is 2. The first kappa shape index (κ1) is 26.2. The van der Waals surface area contributed by atoms with Crippen LogP contribution < -0.4 is 5.32 Å². The van der Waals surface area contributed by atoms with Crippen LogP contribution in [0, 0.1) is 11.3 Å². The molecule has 35 heavy (non-hydrogen) atoms. The molecule has 3 rings (SSSR count). The van der Waals surface area contributed by atoms with E-state index in [1.54, 1.807) is 68.2 Å². The van der Waals surface area contributed by atoms with Crippen molar-refractivity contribution in [3.63, 3.8) is 0 Å². The van der Waals surface area contributed by atoms with Crippen molar-refractivity contribution in [2.24, 2.45) is 0 Å². The highest BCUT2D eigenvalue weighted by Crippen LogP contribution is 2.29. The second-order valence-corrected chi connectivity index (χ2v) is 10.6. The van der Waals surface area contributed by atoms with Gasteiger partial charge in [-0.2, -0.15) is 5.26 Å². The molecule has 1 atom stereocenters. The first-order valence-electron chi connectivity index (χ1n) is 11.6. The van der Waals surface area contributed by atoms with Crippen LogP contribution in [-0.2, 0) is 44.9 Å². The van der Waals surface area contributed by atoms with E-state index in [9.17, 15) is 14.4 Å². The zero-order valence-corrected chi connectivity index (χ0v) is 21.4. The standard InChI is InChI=1S/C26H31N3O5S/c1-5-33-23(30)14-20-13-19-16-29(11-10-22(19)35-20)24(31)21(28-25(32)34-26(2,3)4)12-17-6-8-18(15-27)9-7-17/h6-9,13,21H,5,10-12,14,16H2,1-4H3,(H,28,32). The fourth-order valence-electron chi connectivity index (χ4n) is 3.85. The maximum atomic E-state index is 13.5. The molecule has 9 heteroatoms. The third-order valence-electron chi connectivity index (χ3n) is 5.37. The normalized spacial score (nSPS) is 13.9. The van der Waals surface area contributed by atoms with Crippen molar-refractivity contribution in [1.29, 1.82) is 5.26 Å². The van der Waals surface area contributed by atoms with Gasteiger partial charge in [-0.25, -0.2) is 4.79 Å². The number of rotatable bonds is 7. The van der Waals surface area contributed by atoms with Crippen molar-refractivity contribution in [3.8, 4) is 6.07 Å². The highest BCUT2D eigenvalue weighted by atomic mass is 32.1. The van der Waals surface area contributed by atoms with E-state index in [-0.39, 0.29) is 24.7 Å². The lowest BCUT2D eigenvalue weighted by Crippen LogP contribution is -2.51. The molecule has 0 aliphatic carbocycles. The number of hydrogen-bond donors (Lipinski definition) is 1. The molecule has 0 radical (unpaired) electrons. The van der Waals surface area contributed by atoms with E-state index in [1.165, 1.54) is 0 Å². The summed E-state index contributed by atoms with van der Waals surface area (Å²) in [7, 11) is 0. The molecule has 1 aromatic heterocycles. The average Bonchev–Trinajstić information content (AvgIpc) is 3.18. The molecule has 1 aliphatic rings. The summed E-state index contributed by atoms with van der Waals surface area (Å²) < 4.78 is 10.4. The van der Waals surface area contributed by atoms with Gasteiger partial charge in [-0.3, -0.25) is 9.59 Å². The Morgan fingerprint density at radius 3 is 2.57 bits per heavy atom. The van der Waals surface area contributed by atoms with Crippen LogP contribution >= 0.6 is 11.3 Å². The zero-order valence-electron chi connectivity index (χ0n) is 20.6. The van der Waals surface area contributed by atoms with E-state index in [0.29, 0.717) is 31.7 Å². The summed E-state index contributed by atoms with van der Waals surface area (Å²) in [6.07, 6.45) is 0.519. The fraction of sp³-hybridized carbons (Fsp3) is 0.462. The van der Waals surface area contributed by atoms with Gasteiger partial charge in [0.1, 0.15) is 11.6 Å². The SMILES string of the molecule is CCOC(=O)Cc1cc2c(s1)CCN(C(=O)C(Cc1ccc(C#N)cc1)NC(=O)OC(C)(C)C)C2. The smallest absolute Gasteiger partial charge is 0.408 e. The van der Waals surface area contributed by atoms with Crippen molar-refractivity contribution in [2.75, 3.05) is 13.2 Å². The third-order valence-corrected chi connectivity index (χ3v) is 6.60. The van der Waals surface area contributed by atoms with E-state index >= 15 is 0 Å². The molecule has 1 N–H and O–H groups in total. The molecule has 1 aromatic carbocycles. The number of nitriles is 1. The zero-order chi connectivity index (χ0) is 25.6. The van der Waals surface area contributed by atoms with Crippen molar-refractivity contribution < 1.29 is 23.9 Å². The highest BCUT2D eigenvalue weighted by Gasteiger charge is 2.31. The molecular weight excluding hydrogens is 466 g/mol. The monoisotopic (exact) mass is 497 g/mol. The van der Waals surface area contributed by atoms with Crippen molar-refractivity contribution in [2.45, 2.75) is 65.1 Å². The highest BCUT2D eigenvalue weighted by molar-refractivity contribution is 7.12. The van der Waals surface area contributed by atoms with Gasteiger partial charge >= 0.3 is 12.1 Å². The van der Waals surface area contributed by atoms with E-state index in [0.717, 1.165) is 20.9 Å². The Morgan fingerprint density at radius 2 is 1.94 bits per heavy atom. The predicted octanol–water partition coefficient (Wildman–Crippen LogP) is 3.75. The van der Waals surface area contributed by atoms with Crippen LogP contribution in [0.4, 0.5) is 4.79 Å². The summed E-state index contributed by atoms with van der Waals surface area (Å²) in [5.41, 5.74) is 1.67. The number of carbonyl (C=O) groups is 3. The number of carbonyl (C=O) groups excluding carboxylic acids is 3. The van der Waals surface area contributed by atoms with Crippen LogP contribution in [0.1, 0.15) is 54.1 Å². The molecule has 2 amide bonds. The van der Waals surface area contributed by atoms with Crippen molar-refractivity contribution >= 4 is 29.3 Å². The lowest BCUT2D eigenvalue weighted by molar-refractivity contribution is -0.142. The number of ether oxygens (including phenoxy) is 2. The Kier molecular flexibility index (Phi) is 8.52. The molecular formula is C26H31N3O5S. The Morgan fingerprint density at radius 1 is 1.23 bits per heavy atom. The summed E-state index contributed by atoms with van der Waals surface area (Å²) in [4.78, 5) is 41.7. The largest absolute Gasteiger partial charge is 0.466 e. The van der Waals surface area contributed by atoms with Gasteiger partial charge in [0.15, 0.2) is 0 Å². The number of fused-ring (bicyclic) bond motifs is 1. The summed E-state index contributed by atoms with van der Waals surface area (Å²) in [5, 5.41) is 11.8. The molecule has 8 nitrogen and oxygen atoms in total. The van der Waals surface area contributed by atoms with Crippen LogP contribution in [-0.4, -0.2) is 47.7 Å². The second kappa shape index (κ2) is 11.4. The van der Waals surface area contributed by atoms with Gasteiger partial charge in [-0.1, -0.05) is 12.1 Å². The molecule has 1 unspecified atom stereocenters. The molecule has 0 fully saturated rings. The van der Waals surface area contributed by atoms with Gasteiger partial charge < -0.3 is 19.7 Å². The molecule has 1 aliphatic heterocycles. The van der Waals surface area contributed by atoms with Gasteiger partial charge in [0, 0.05) is 29.3 Å². The quantitative estimate of drug-likeness (QED) is 0.584. The van der Waals surface area contributed by atoms with Gasteiger partial charge in [0.25, 0.3) is 0 Å². The van der Waals surface area contributed by atoms with E-state index in [4.69, 9.17) is 14.7 Å². The second-order valence-electron chi connectivity index (χ2n) is 9.36. The minimum atomic E-state index is -0.822. The summed E-state index contributed by atoms with van der Waals surface area (Å²) in [6.45, 7) is 8.35. The van der Waals surface area contributed by atoms with Gasteiger partial charge in [0.05, 0.1) is 24.7 Å². The molecule has 0 saturated carbocycles. The minimum Gasteiger partial charge on any atom is -0.466 e. The molecule has 186 valence electrons. The topological polar surface area (TPSA) is 109 Å². The molecule has 2 heterocycles. The third kappa shape index (κ3) is 7.55. The molecule has 0 bridgehead atoms. The summed E-state index contributed by atoms with van der Waals surface area (Å²) in [5.74, 6) is -0.466.